The molecule has 19 heavy (non-hydrogen) atoms. The highest BCUT2D eigenvalue weighted by Gasteiger charge is 2.27. The van der Waals surface area contributed by atoms with Crippen molar-refractivity contribution in [1.29, 1.82) is 0 Å². The maximum atomic E-state index is 11.0. The monoisotopic (exact) mass is 326 g/mol. The molecule has 1 unspecified atom stereocenters. The van der Waals surface area contributed by atoms with Crippen molar-refractivity contribution < 1.29 is 9.90 Å². The van der Waals surface area contributed by atoms with Gasteiger partial charge in [-0.05, 0) is 37.7 Å². The molecule has 1 aromatic rings. The SMILES string of the molecule is Cc1cc(N2CCN(C)CC2CC(=O)O)ccc1Br. The summed E-state index contributed by atoms with van der Waals surface area (Å²) >= 11 is 3.50. The first-order valence-corrected chi connectivity index (χ1v) is 7.20. The van der Waals surface area contributed by atoms with E-state index in [2.05, 4.69) is 44.8 Å². The van der Waals surface area contributed by atoms with Crippen LogP contribution in [0.1, 0.15) is 12.0 Å². The Hall–Kier alpha value is -1.07. The second kappa shape index (κ2) is 5.92. The number of aliphatic carboxylic acids is 1. The highest BCUT2D eigenvalue weighted by molar-refractivity contribution is 9.10. The van der Waals surface area contributed by atoms with Crippen molar-refractivity contribution in [2.75, 3.05) is 31.6 Å². The number of hydrogen-bond acceptors (Lipinski definition) is 3. The zero-order chi connectivity index (χ0) is 14.0. The van der Waals surface area contributed by atoms with Crippen LogP contribution < -0.4 is 4.90 Å². The molecule has 1 aromatic carbocycles. The van der Waals surface area contributed by atoms with E-state index in [1.807, 2.05) is 13.1 Å². The van der Waals surface area contributed by atoms with Crippen molar-refractivity contribution in [3.63, 3.8) is 0 Å². The van der Waals surface area contributed by atoms with E-state index in [4.69, 9.17) is 5.11 Å². The lowest BCUT2D eigenvalue weighted by atomic mass is 10.1. The number of carboxylic acid groups (broad SMARTS) is 1. The molecule has 0 aromatic heterocycles. The molecule has 5 heteroatoms. The van der Waals surface area contributed by atoms with Crippen molar-refractivity contribution in [2.24, 2.45) is 0 Å². The first kappa shape index (κ1) is 14.3. The minimum absolute atomic E-state index is 0.0387. The lowest BCUT2D eigenvalue weighted by Crippen LogP contribution is -2.52. The van der Waals surface area contributed by atoms with Gasteiger partial charge < -0.3 is 14.9 Å². The van der Waals surface area contributed by atoms with Gasteiger partial charge in [-0.15, -0.1) is 0 Å². The van der Waals surface area contributed by atoms with Gasteiger partial charge in [0.25, 0.3) is 0 Å². The maximum Gasteiger partial charge on any atom is 0.305 e. The van der Waals surface area contributed by atoms with Gasteiger partial charge in [-0.3, -0.25) is 4.79 Å². The standard InChI is InChI=1S/C14H19BrN2O2/c1-10-7-11(3-4-13(10)15)17-6-5-16(2)9-12(17)8-14(18)19/h3-4,7,12H,5-6,8-9H2,1-2H3,(H,18,19). The van der Waals surface area contributed by atoms with Crippen molar-refractivity contribution in [3.8, 4) is 0 Å². The number of hydrogen-bond donors (Lipinski definition) is 1. The fourth-order valence-electron chi connectivity index (χ4n) is 2.53. The number of anilines is 1. The third kappa shape index (κ3) is 3.48. The minimum Gasteiger partial charge on any atom is -0.481 e. The Morgan fingerprint density at radius 2 is 2.21 bits per heavy atom. The third-order valence-electron chi connectivity index (χ3n) is 3.57. The summed E-state index contributed by atoms with van der Waals surface area (Å²) < 4.78 is 1.08. The van der Waals surface area contributed by atoms with Crippen LogP contribution in [0.25, 0.3) is 0 Å². The molecule has 0 saturated carbocycles. The van der Waals surface area contributed by atoms with Crippen LogP contribution >= 0.6 is 15.9 Å². The van der Waals surface area contributed by atoms with E-state index < -0.39 is 5.97 Å². The van der Waals surface area contributed by atoms with E-state index in [1.165, 1.54) is 5.56 Å². The van der Waals surface area contributed by atoms with Gasteiger partial charge in [0.15, 0.2) is 0 Å². The minimum atomic E-state index is -0.737. The molecule has 0 amide bonds. The zero-order valence-corrected chi connectivity index (χ0v) is 12.9. The normalized spacial score (nSPS) is 20.6. The Morgan fingerprint density at radius 1 is 1.47 bits per heavy atom. The molecule has 1 atom stereocenters. The van der Waals surface area contributed by atoms with Gasteiger partial charge in [-0.1, -0.05) is 15.9 Å². The van der Waals surface area contributed by atoms with Crippen LogP contribution in [-0.2, 0) is 4.79 Å². The Kier molecular flexibility index (Phi) is 4.47. The molecule has 0 spiro atoms. The Labute approximate surface area is 122 Å². The quantitative estimate of drug-likeness (QED) is 0.926. The highest BCUT2D eigenvalue weighted by Crippen LogP contribution is 2.26. The summed E-state index contributed by atoms with van der Waals surface area (Å²) in [5, 5.41) is 9.06. The summed E-state index contributed by atoms with van der Waals surface area (Å²) in [6, 6.07) is 6.24. The molecule has 1 N–H and O–H groups in total. The second-order valence-corrected chi connectivity index (χ2v) is 6.00. The van der Waals surface area contributed by atoms with E-state index in [1.54, 1.807) is 0 Å². The molecule has 4 nitrogen and oxygen atoms in total. The van der Waals surface area contributed by atoms with Crippen LogP contribution in [0.3, 0.4) is 0 Å². The topological polar surface area (TPSA) is 43.8 Å². The summed E-state index contributed by atoms with van der Waals surface area (Å²) in [4.78, 5) is 15.4. The van der Waals surface area contributed by atoms with Crippen LogP contribution in [0.5, 0.6) is 0 Å². The number of aryl methyl sites for hydroxylation is 1. The molecular weight excluding hydrogens is 308 g/mol. The average Bonchev–Trinajstić information content (AvgIpc) is 2.32. The van der Waals surface area contributed by atoms with E-state index in [0.717, 1.165) is 29.8 Å². The van der Waals surface area contributed by atoms with Crippen LogP contribution in [0.2, 0.25) is 0 Å². The van der Waals surface area contributed by atoms with Gasteiger partial charge in [-0.25, -0.2) is 0 Å². The molecule has 1 fully saturated rings. The zero-order valence-electron chi connectivity index (χ0n) is 11.3. The van der Waals surface area contributed by atoms with Gasteiger partial charge in [0.1, 0.15) is 0 Å². The van der Waals surface area contributed by atoms with E-state index in [9.17, 15) is 4.79 Å². The van der Waals surface area contributed by atoms with Crippen LogP contribution in [0, 0.1) is 6.92 Å². The number of likely N-dealkylation sites (N-methyl/N-ethyl adjacent to an activating group) is 1. The van der Waals surface area contributed by atoms with Crippen molar-refractivity contribution in [2.45, 2.75) is 19.4 Å². The van der Waals surface area contributed by atoms with Gasteiger partial charge in [0.05, 0.1) is 12.5 Å². The lowest BCUT2D eigenvalue weighted by molar-refractivity contribution is -0.137. The molecule has 2 rings (SSSR count). The molecule has 0 aliphatic carbocycles. The molecule has 0 bridgehead atoms. The first-order valence-electron chi connectivity index (χ1n) is 6.40. The predicted molar refractivity (Wildman–Crippen MR) is 79.8 cm³/mol. The van der Waals surface area contributed by atoms with Crippen LogP contribution in [-0.4, -0.2) is 48.7 Å². The first-order chi connectivity index (χ1) is 8.97. The average molecular weight is 327 g/mol. The summed E-state index contributed by atoms with van der Waals surface area (Å²) in [6.07, 6.45) is 0.180. The lowest BCUT2D eigenvalue weighted by Gasteiger charge is -2.41. The number of piperazine rings is 1. The van der Waals surface area contributed by atoms with Gasteiger partial charge in [-0.2, -0.15) is 0 Å². The van der Waals surface area contributed by atoms with Crippen molar-refractivity contribution >= 4 is 27.6 Å². The molecule has 1 aliphatic rings. The van der Waals surface area contributed by atoms with Crippen molar-refractivity contribution in [3.05, 3.63) is 28.2 Å². The summed E-state index contributed by atoms with van der Waals surface area (Å²) in [5.74, 6) is -0.737. The second-order valence-electron chi connectivity index (χ2n) is 5.14. The number of rotatable bonds is 3. The van der Waals surface area contributed by atoms with Crippen LogP contribution in [0.4, 0.5) is 5.69 Å². The fourth-order valence-corrected chi connectivity index (χ4v) is 2.78. The van der Waals surface area contributed by atoms with E-state index in [-0.39, 0.29) is 12.5 Å². The van der Waals surface area contributed by atoms with Gasteiger partial charge in [0, 0.05) is 29.8 Å². The van der Waals surface area contributed by atoms with Crippen molar-refractivity contribution in [1.82, 2.24) is 4.90 Å². The largest absolute Gasteiger partial charge is 0.481 e. The summed E-state index contributed by atoms with van der Waals surface area (Å²) in [7, 11) is 2.04. The number of carboxylic acids is 1. The number of benzene rings is 1. The highest BCUT2D eigenvalue weighted by atomic mass is 79.9. The molecule has 1 heterocycles. The fraction of sp³-hybridized carbons (Fsp3) is 0.500. The smallest absolute Gasteiger partial charge is 0.305 e. The van der Waals surface area contributed by atoms with Gasteiger partial charge in [0.2, 0.25) is 0 Å². The molecule has 1 saturated heterocycles. The summed E-state index contributed by atoms with van der Waals surface area (Å²) in [6.45, 7) is 4.68. The number of carbonyl (C=O) groups is 1. The molecule has 1 aliphatic heterocycles. The predicted octanol–water partition coefficient (Wildman–Crippen LogP) is 2.35. The molecular formula is C14H19BrN2O2. The summed E-state index contributed by atoms with van der Waals surface area (Å²) in [5.41, 5.74) is 2.28. The Bertz CT molecular complexity index is 479. The van der Waals surface area contributed by atoms with Gasteiger partial charge >= 0.3 is 5.97 Å². The van der Waals surface area contributed by atoms with E-state index >= 15 is 0 Å². The van der Waals surface area contributed by atoms with E-state index in [0.29, 0.717) is 0 Å². The number of nitrogens with zero attached hydrogens (tertiary/aromatic N) is 2. The Balaban J connectivity index is 2.23. The van der Waals surface area contributed by atoms with Crippen LogP contribution in [0.15, 0.2) is 22.7 Å². The molecule has 0 radical (unpaired) electrons. The Morgan fingerprint density at radius 3 is 2.84 bits per heavy atom. The maximum absolute atomic E-state index is 11.0. The number of halogens is 1. The third-order valence-corrected chi connectivity index (χ3v) is 4.46. The molecule has 104 valence electrons.